The van der Waals surface area contributed by atoms with E-state index in [9.17, 15) is 14.7 Å². The van der Waals surface area contributed by atoms with Crippen LogP contribution in [-0.4, -0.2) is 44.0 Å². The molecule has 1 amide bonds. The van der Waals surface area contributed by atoms with Gasteiger partial charge in [-0.25, -0.2) is 0 Å². The molecule has 0 aromatic carbocycles. The Kier molecular flexibility index (Phi) is 8.43. The molecule has 1 aliphatic carbocycles. The first kappa shape index (κ1) is 23.9. The second-order valence-corrected chi connectivity index (χ2v) is 8.27. The summed E-state index contributed by atoms with van der Waals surface area (Å²) >= 11 is 6.33. The van der Waals surface area contributed by atoms with E-state index in [1.54, 1.807) is 32.1 Å². The number of nitrogens with zero attached hydrogens (tertiary/aromatic N) is 2. The number of hydrogen-bond donors (Lipinski definition) is 3. The van der Waals surface area contributed by atoms with Gasteiger partial charge in [0.05, 0.1) is 16.9 Å². The fourth-order valence-electron chi connectivity index (χ4n) is 3.18. The number of halogens is 1. The first-order valence-corrected chi connectivity index (χ1v) is 10.6. The van der Waals surface area contributed by atoms with Crippen LogP contribution in [-0.2, 0) is 16.1 Å². The lowest BCUT2D eigenvalue weighted by atomic mass is 9.98. The molecule has 0 bridgehead atoms. The fraction of sp³-hybridized carbons (Fsp3) is 0.500. The summed E-state index contributed by atoms with van der Waals surface area (Å²) in [5, 5.41) is 27.0. The van der Waals surface area contributed by atoms with Gasteiger partial charge in [-0.15, -0.1) is 0 Å². The van der Waals surface area contributed by atoms with Crippen LogP contribution in [0.25, 0.3) is 5.57 Å². The third kappa shape index (κ3) is 6.85. The molecule has 0 saturated heterocycles. The summed E-state index contributed by atoms with van der Waals surface area (Å²) in [7, 11) is 0. The Morgan fingerprint density at radius 3 is 2.73 bits per heavy atom. The van der Waals surface area contributed by atoms with Gasteiger partial charge in [-0.05, 0) is 44.4 Å². The predicted octanol–water partition coefficient (Wildman–Crippen LogP) is 3.56. The lowest BCUT2D eigenvalue weighted by Crippen LogP contribution is -2.41. The molecule has 1 unspecified atom stereocenters. The van der Waals surface area contributed by atoms with Crippen molar-refractivity contribution in [2.24, 2.45) is 0 Å². The maximum Gasteiger partial charge on any atom is 0.325 e. The number of carbonyl (C=O) groups is 2. The minimum Gasteiger partial charge on any atom is -0.480 e. The number of hydrogen-bond acceptors (Lipinski definition) is 4. The van der Waals surface area contributed by atoms with E-state index in [4.69, 9.17) is 16.7 Å². The zero-order valence-corrected chi connectivity index (χ0v) is 18.5. The van der Waals surface area contributed by atoms with Gasteiger partial charge in [0.15, 0.2) is 0 Å². The van der Waals surface area contributed by atoms with Crippen LogP contribution in [0.15, 0.2) is 34.9 Å². The van der Waals surface area contributed by atoms with Gasteiger partial charge in [0.2, 0.25) is 0 Å². The number of carboxylic acids is 1. The summed E-state index contributed by atoms with van der Waals surface area (Å²) < 4.78 is 1.40. The third-order valence-electron chi connectivity index (χ3n) is 4.95. The van der Waals surface area contributed by atoms with Crippen molar-refractivity contribution >= 4 is 29.1 Å². The van der Waals surface area contributed by atoms with E-state index in [-0.39, 0.29) is 24.6 Å². The molecule has 0 spiro atoms. The van der Waals surface area contributed by atoms with Crippen LogP contribution in [0.2, 0.25) is 0 Å². The van der Waals surface area contributed by atoms with Crippen molar-refractivity contribution in [3.63, 3.8) is 0 Å². The summed E-state index contributed by atoms with van der Waals surface area (Å²) in [4.78, 5) is 23.8. The van der Waals surface area contributed by atoms with Gasteiger partial charge in [0.1, 0.15) is 6.54 Å². The van der Waals surface area contributed by atoms with Crippen LogP contribution in [0.1, 0.15) is 57.3 Å². The van der Waals surface area contributed by atoms with Gasteiger partial charge in [-0.2, -0.15) is 5.10 Å². The number of nitrogens with one attached hydrogen (secondary N) is 1. The SMILES string of the molecule is CCCCCC(C)(O)CNC(=O)C1=CC(c2cc(C)n(CC(=O)O)n2)=CCC=C1Cl. The van der Waals surface area contributed by atoms with Crippen molar-refractivity contribution in [2.75, 3.05) is 6.54 Å². The lowest BCUT2D eigenvalue weighted by molar-refractivity contribution is -0.138. The highest BCUT2D eigenvalue weighted by Crippen LogP contribution is 2.27. The van der Waals surface area contributed by atoms with Gasteiger partial charge in [0, 0.05) is 17.3 Å². The second kappa shape index (κ2) is 10.6. The zero-order chi connectivity index (χ0) is 22.3. The molecular weight excluding hydrogens is 406 g/mol. The first-order valence-electron chi connectivity index (χ1n) is 10.2. The molecule has 30 heavy (non-hydrogen) atoms. The number of aromatic nitrogens is 2. The minimum absolute atomic E-state index is 0.127. The third-order valence-corrected chi connectivity index (χ3v) is 5.31. The second-order valence-electron chi connectivity index (χ2n) is 7.86. The molecule has 1 atom stereocenters. The van der Waals surface area contributed by atoms with Gasteiger partial charge in [-0.1, -0.05) is 49.9 Å². The number of amides is 1. The number of aliphatic hydroxyl groups is 1. The molecule has 1 heterocycles. The van der Waals surface area contributed by atoms with E-state index in [1.165, 1.54) is 4.68 Å². The van der Waals surface area contributed by atoms with E-state index in [2.05, 4.69) is 17.3 Å². The molecule has 1 aromatic rings. The highest BCUT2D eigenvalue weighted by atomic mass is 35.5. The summed E-state index contributed by atoms with van der Waals surface area (Å²) in [6, 6.07) is 1.78. The number of rotatable bonds is 10. The quantitative estimate of drug-likeness (QED) is 0.487. The Morgan fingerprint density at radius 2 is 2.07 bits per heavy atom. The molecule has 0 saturated carbocycles. The highest BCUT2D eigenvalue weighted by Gasteiger charge is 2.23. The number of aliphatic carboxylic acids is 1. The Hall–Kier alpha value is -2.38. The van der Waals surface area contributed by atoms with Gasteiger partial charge < -0.3 is 15.5 Å². The van der Waals surface area contributed by atoms with Crippen molar-refractivity contribution in [1.29, 1.82) is 0 Å². The average molecular weight is 436 g/mol. The molecule has 0 radical (unpaired) electrons. The van der Waals surface area contributed by atoms with Crippen molar-refractivity contribution in [1.82, 2.24) is 15.1 Å². The van der Waals surface area contributed by atoms with Crippen LogP contribution >= 0.6 is 11.6 Å². The Labute approximate surface area is 182 Å². The minimum atomic E-state index is -0.988. The van der Waals surface area contributed by atoms with Crippen LogP contribution in [0.5, 0.6) is 0 Å². The number of carbonyl (C=O) groups excluding carboxylic acids is 1. The molecular formula is C22H30ClN3O4. The molecule has 1 aliphatic rings. The number of carboxylic acid groups (broad SMARTS) is 1. The predicted molar refractivity (Wildman–Crippen MR) is 117 cm³/mol. The van der Waals surface area contributed by atoms with Crippen LogP contribution in [0.3, 0.4) is 0 Å². The summed E-state index contributed by atoms with van der Waals surface area (Å²) in [5.74, 6) is -1.35. The molecule has 0 aliphatic heterocycles. The molecule has 7 nitrogen and oxygen atoms in total. The van der Waals surface area contributed by atoms with E-state index in [0.29, 0.717) is 34.8 Å². The molecule has 8 heteroatoms. The van der Waals surface area contributed by atoms with Crippen molar-refractivity contribution < 1.29 is 19.8 Å². The number of allylic oxidation sites excluding steroid dienone is 4. The molecule has 164 valence electrons. The highest BCUT2D eigenvalue weighted by molar-refractivity contribution is 6.35. The fourth-order valence-corrected chi connectivity index (χ4v) is 3.41. The maximum atomic E-state index is 12.8. The summed E-state index contributed by atoms with van der Waals surface area (Å²) in [6.07, 6.45) is 9.39. The van der Waals surface area contributed by atoms with Crippen molar-refractivity contribution in [3.05, 3.63) is 46.3 Å². The standard InChI is InChI=1S/C22H30ClN3O4/c1-4-5-6-10-22(3,30)14-24-21(29)17-12-16(8-7-9-18(17)23)19-11-15(2)26(25-19)13-20(27)28/h8-9,11-12,30H,4-7,10,13-14H2,1-3H3,(H,24,29)(H,27,28). The summed E-state index contributed by atoms with van der Waals surface area (Å²) in [5.41, 5.74) is 1.27. The monoisotopic (exact) mass is 435 g/mol. The number of unbranched alkanes of at least 4 members (excludes halogenated alkanes) is 2. The van der Waals surface area contributed by atoms with E-state index >= 15 is 0 Å². The smallest absolute Gasteiger partial charge is 0.325 e. The normalized spacial score (nSPS) is 16.1. The molecule has 0 fully saturated rings. The van der Waals surface area contributed by atoms with Gasteiger partial charge >= 0.3 is 5.97 Å². The largest absolute Gasteiger partial charge is 0.480 e. The molecule has 2 rings (SSSR count). The zero-order valence-electron chi connectivity index (χ0n) is 17.7. The van der Waals surface area contributed by atoms with E-state index in [1.807, 2.05) is 6.08 Å². The topological polar surface area (TPSA) is 104 Å². The Balaban J connectivity index is 2.16. The Bertz CT molecular complexity index is 881. The van der Waals surface area contributed by atoms with Crippen LogP contribution in [0, 0.1) is 6.92 Å². The molecule has 1 aromatic heterocycles. The van der Waals surface area contributed by atoms with E-state index in [0.717, 1.165) is 19.3 Å². The van der Waals surface area contributed by atoms with Crippen molar-refractivity contribution in [3.8, 4) is 0 Å². The van der Waals surface area contributed by atoms with Crippen molar-refractivity contribution in [2.45, 2.75) is 65.0 Å². The van der Waals surface area contributed by atoms with Gasteiger partial charge in [0.25, 0.3) is 5.91 Å². The van der Waals surface area contributed by atoms with Gasteiger partial charge in [-0.3, -0.25) is 14.3 Å². The van der Waals surface area contributed by atoms with E-state index < -0.39 is 11.6 Å². The summed E-state index contributed by atoms with van der Waals surface area (Å²) in [6.45, 7) is 5.48. The Morgan fingerprint density at radius 1 is 1.33 bits per heavy atom. The van der Waals surface area contributed by atoms with Crippen LogP contribution < -0.4 is 5.32 Å². The lowest BCUT2D eigenvalue weighted by Gasteiger charge is -2.24. The number of aryl methyl sites for hydroxylation is 1. The molecule has 3 N–H and O–H groups in total. The maximum absolute atomic E-state index is 12.8. The first-order chi connectivity index (χ1) is 14.1. The average Bonchev–Trinajstić information content (AvgIpc) is 2.90. The van der Waals surface area contributed by atoms with Crippen LogP contribution in [0.4, 0.5) is 0 Å².